The molecule has 0 spiro atoms. The zero-order valence-electron chi connectivity index (χ0n) is 11.0. The predicted octanol–water partition coefficient (Wildman–Crippen LogP) is 1.65. The second-order valence-corrected chi connectivity index (χ2v) is 4.85. The van der Waals surface area contributed by atoms with E-state index in [9.17, 15) is 4.79 Å². The molecular formula is C14H19N3O2. The van der Waals surface area contributed by atoms with Crippen molar-refractivity contribution in [1.82, 2.24) is 4.90 Å². The van der Waals surface area contributed by atoms with Crippen LogP contribution in [-0.4, -0.2) is 34.9 Å². The van der Waals surface area contributed by atoms with E-state index in [0.29, 0.717) is 17.0 Å². The van der Waals surface area contributed by atoms with Crippen LogP contribution in [0, 0.1) is 5.92 Å². The fourth-order valence-electron chi connectivity index (χ4n) is 1.99. The Hall–Kier alpha value is -2.04. The minimum Gasteiger partial charge on any atom is -0.409 e. The molecule has 1 saturated carbocycles. The zero-order valence-corrected chi connectivity index (χ0v) is 11.0. The van der Waals surface area contributed by atoms with Crippen LogP contribution in [0.5, 0.6) is 0 Å². The zero-order chi connectivity index (χ0) is 13.8. The van der Waals surface area contributed by atoms with E-state index >= 15 is 0 Å². The van der Waals surface area contributed by atoms with Crippen molar-refractivity contribution >= 4 is 11.7 Å². The van der Waals surface area contributed by atoms with E-state index in [2.05, 4.69) is 5.16 Å². The molecule has 5 heteroatoms. The Kier molecular flexibility index (Phi) is 4.04. The van der Waals surface area contributed by atoms with E-state index in [4.69, 9.17) is 10.9 Å². The number of rotatable bonds is 5. The Morgan fingerprint density at radius 3 is 2.42 bits per heavy atom. The van der Waals surface area contributed by atoms with Crippen molar-refractivity contribution in [1.29, 1.82) is 0 Å². The molecular weight excluding hydrogens is 242 g/mol. The Morgan fingerprint density at radius 1 is 1.37 bits per heavy atom. The van der Waals surface area contributed by atoms with Crippen LogP contribution in [0.2, 0.25) is 0 Å². The molecule has 0 saturated heterocycles. The quantitative estimate of drug-likeness (QED) is 0.366. The summed E-state index contributed by atoms with van der Waals surface area (Å²) in [4.78, 5) is 14.2. The molecule has 1 fully saturated rings. The van der Waals surface area contributed by atoms with Crippen molar-refractivity contribution in [2.75, 3.05) is 13.1 Å². The van der Waals surface area contributed by atoms with Gasteiger partial charge < -0.3 is 15.8 Å². The highest BCUT2D eigenvalue weighted by molar-refractivity contribution is 5.99. The molecule has 0 heterocycles. The van der Waals surface area contributed by atoms with Gasteiger partial charge in [0.15, 0.2) is 5.84 Å². The van der Waals surface area contributed by atoms with Crippen LogP contribution in [0.3, 0.4) is 0 Å². The third-order valence-corrected chi connectivity index (χ3v) is 3.38. The predicted molar refractivity (Wildman–Crippen MR) is 73.3 cm³/mol. The standard InChI is InChI=1S/C14H19N3O2/c1-2-17(9-10-3-4-10)14(18)12-7-5-11(6-8-12)13(15)16-19/h5-8,10,19H,2-4,9H2,1H3,(H2,15,16). The molecule has 0 bridgehead atoms. The van der Waals surface area contributed by atoms with E-state index in [1.807, 2.05) is 11.8 Å². The summed E-state index contributed by atoms with van der Waals surface area (Å²) in [5.74, 6) is 0.769. The van der Waals surface area contributed by atoms with Gasteiger partial charge in [-0.25, -0.2) is 0 Å². The molecule has 1 aliphatic carbocycles. The van der Waals surface area contributed by atoms with Gasteiger partial charge in [-0.1, -0.05) is 17.3 Å². The lowest BCUT2D eigenvalue weighted by molar-refractivity contribution is 0.0757. The number of carbonyl (C=O) groups is 1. The van der Waals surface area contributed by atoms with Crippen molar-refractivity contribution in [3.05, 3.63) is 35.4 Å². The molecule has 2 rings (SSSR count). The molecule has 102 valence electrons. The van der Waals surface area contributed by atoms with Crippen LogP contribution >= 0.6 is 0 Å². The number of oxime groups is 1. The number of carbonyl (C=O) groups excluding carboxylic acids is 1. The fourth-order valence-corrected chi connectivity index (χ4v) is 1.99. The summed E-state index contributed by atoms with van der Waals surface area (Å²) in [5, 5.41) is 11.5. The van der Waals surface area contributed by atoms with Crippen LogP contribution in [0.1, 0.15) is 35.7 Å². The summed E-state index contributed by atoms with van der Waals surface area (Å²) in [6, 6.07) is 6.80. The highest BCUT2D eigenvalue weighted by atomic mass is 16.4. The summed E-state index contributed by atoms with van der Waals surface area (Å²) in [6.45, 7) is 3.56. The molecule has 5 nitrogen and oxygen atoms in total. The van der Waals surface area contributed by atoms with Crippen molar-refractivity contribution in [2.24, 2.45) is 16.8 Å². The second-order valence-electron chi connectivity index (χ2n) is 4.85. The summed E-state index contributed by atoms with van der Waals surface area (Å²) >= 11 is 0. The lowest BCUT2D eigenvalue weighted by Crippen LogP contribution is -2.32. The van der Waals surface area contributed by atoms with E-state index in [-0.39, 0.29) is 11.7 Å². The maximum Gasteiger partial charge on any atom is 0.253 e. The summed E-state index contributed by atoms with van der Waals surface area (Å²) in [5.41, 5.74) is 6.72. The van der Waals surface area contributed by atoms with Crippen LogP contribution in [0.25, 0.3) is 0 Å². The molecule has 3 N–H and O–H groups in total. The minimum absolute atomic E-state index is 0.0421. The van der Waals surface area contributed by atoms with Gasteiger partial charge in [0.05, 0.1) is 0 Å². The molecule has 1 aromatic rings. The van der Waals surface area contributed by atoms with E-state index < -0.39 is 0 Å². The molecule has 1 aliphatic rings. The lowest BCUT2D eigenvalue weighted by atomic mass is 10.1. The van der Waals surface area contributed by atoms with Crippen LogP contribution < -0.4 is 5.73 Å². The first-order chi connectivity index (χ1) is 9.15. The molecule has 0 atom stereocenters. The first-order valence-corrected chi connectivity index (χ1v) is 6.53. The fraction of sp³-hybridized carbons (Fsp3) is 0.429. The number of benzene rings is 1. The normalized spacial score (nSPS) is 15.3. The molecule has 1 amide bonds. The van der Waals surface area contributed by atoms with Crippen molar-refractivity contribution in [3.8, 4) is 0 Å². The largest absolute Gasteiger partial charge is 0.409 e. The van der Waals surface area contributed by atoms with Crippen LogP contribution in [0.4, 0.5) is 0 Å². The highest BCUT2D eigenvalue weighted by Crippen LogP contribution is 2.30. The Balaban J connectivity index is 2.09. The van der Waals surface area contributed by atoms with E-state index in [1.165, 1.54) is 12.8 Å². The number of nitrogens with two attached hydrogens (primary N) is 1. The van der Waals surface area contributed by atoms with Gasteiger partial charge in [0.25, 0.3) is 5.91 Å². The van der Waals surface area contributed by atoms with Gasteiger partial charge in [0, 0.05) is 24.2 Å². The average Bonchev–Trinajstić information content (AvgIpc) is 3.27. The smallest absolute Gasteiger partial charge is 0.253 e. The first-order valence-electron chi connectivity index (χ1n) is 6.53. The number of amides is 1. The minimum atomic E-state index is 0.0421. The third-order valence-electron chi connectivity index (χ3n) is 3.38. The summed E-state index contributed by atoms with van der Waals surface area (Å²) in [6.07, 6.45) is 2.46. The first kappa shape index (κ1) is 13.4. The Bertz CT molecular complexity index is 478. The number of nitrogens with zero attached hydrogens (tertiary/aromatic N) is 2. The maximum absolute atomic E-state index is 12.3. The average molecular weight is 261 g/mol. The molecule has 0 radical (unpaired) electrons. The van der Waals surface area contributed by atoms with Gasteiger partial charge in [-0.05, 0) is 37.8 Å². The third kappa shape index (κ3) is 3.24. The van der Waals surface area contributed by atoms with Gasteiger partial charge in [0.2, 0.25) is 0 Å². The summed E-state index contributed by atoms with van der Waals surface area (Å²) in [7, 11) is 0. The number of amidine groups is 1. The van der Waals surface area contributed by atoms with Crippen LogP contribution in [-0.2, 0) is 0 Å². The van der Waals surface area contributed by atoms with Gasteiger partial charge in [-0.2, -0.15) is 0 Å². The van der Waals surface area contributed by atoms with Crippen molar-refractivity contribution < 1.29 is 10.0 Å². The topological polar surface area (TPSA) is 78.9 Å². The second kappa shape index (κ2) is 5.73. The number of hydrogen-bond acceptors (Lipinski definition) is 3. The van der Waals surface area contributed by atoms with E-state index in [0.717, 1.165) is 13.1 Å². The molecule has 0 aliphatic heterocycles. The monoisotopic (exact) mass is 261 g/mol. The summed E-state index contributed by atoms with van der Waals surface area (Å²) < 4.78 is 0. The SMILES string of the molecule is CCN(CC1CC1)C(=O)c1ccc(C(N)=NO)cc1. The molecule has 0 aromatic heterocycles. The van der Waals surface area contributed by atoms with Gasteiger partial charge in [-0.3, -0.25) is 4.79 Å². The number of hydrogen-bond donors (Lipinski definition) is 2. The van der Waals surface area contributed by atoms with E-state index in [1.54, 1.807) is 24.3 Å². The Morgan fingerprint density at radius 2 is 1.95 bits per heavy atom. The van der Waals surface area contributed by atoms with Gasteiger partial charge >= 0.3 is 0 Å². The lowest BCUT2D eigenvalue weighted by Gasteiger charge is -2.20. The van der Waals surface area contributed by atoms with Crippen LogP contribution in [0.15, 0.2) is 29.4 Å². The van der Waals surface area contributed by atoms with Crippen molar-refractivity contribution in [3.63, 3.8) is 0 Å². The molecule has 1 aromatic carbocycles. The maximum atomic E-state index is 12.3. The molecule has 19 heavy (non-hydrogen) atoms. The van der Waals surface area contributed by atoms with Gasteiger partial charge in [-0.15, -0.1) is 0 Å². The Labute approximate surface area is 112 Å². The molecule has 0 unspecified atom stereocenters. The van der Waals surface area contributed by atoms with Gasteiger partial charge in [0.1, 0.15) is 0 Å². The van der Waals surface area contributed by atoms with Crippen molar-refractivity contribution in [2.45, 2.75) is 19.8 Å². The highest BCUT2D eigenvalue weighted by Gasteiger charge is 2.26.